The molecule has 4 aliphatic carbocycles. The Morgan fingerprint density at radius 1 is 1.14 bits per heavy atom. The minimum absolute atomic E-state index is 0.702. The summed E-state index contributed by atoms with van der Waals surface area (Å²) in [5.74, 6) is 2.16. The first-order chi connectivity index (χ1) is 6.63. The van der Waals surface area contributed by atoms with Gasteiger partial charge in [0.1, 0.15) is 0 Å². The molecule has 4 saturated carbocycles. The van der Waals surface area contributed by atoms with Crippen LogP contribution in [-0.4, -0.2) is 13.6 Å². The fraction of sp³-hybridized carbons (Fsp3) is 1.00. The van der Waals surface area contributed by atoms with Crippen LogP contribution in [0.4, 0.5) is 0 Å². The Morgan fingerprint density at radius 3 is 2.29 bits per heavy atom. The topological polar surface area (TPSA) is 12.0 Å². The van der Waals surface area contributed by atoms with E-state index in [2.05, 4.69) is 19.3 Å². The molecule has 0 saturated heterocycles. The monoisotopic (exact) mass is 193 g/mol. The maximum atomic E-state index is 3.44. The van der Waals surface area contributed by atoms with Gasteiger partial charge in [-0.05, 0) is 68.2 Å². The van der Waals surface area contributed by atoms with Crippen molar-refractivity contribution in [2.45, 2.75) is 45.4 Å². The highest BCUT2D eigenvalue weighted by molar-refractivity contribution is 5.06. The second kappa shape index (κ2) is 2.75. The molecular formula is C13H23N. The minimum Gasteiger partial charge on any atom is -0.319 e. The summed E-state index contributed by atoms with van der Waals surface area (Å²) in [6, 6.07) is 0. The highest BCUT2D eigenvalue weighted by Crippen LogP contribution is 2.64. The van der Waals surface area contributed by atoms with Gasteiger partial charge in [-0.25, -0.2) is 0 Å². The first-order valence-electron chi connectivity index (χ1n) is 6.28. The van der Waals surface area contributed by atoms with E-state index >= 15 is 0 Å². The van der Waals surface area contributed by atoms with Crippen molar-refractivity contribution in [2.75, 3.05) is 13.6 Å². The SMILES string of the molecule is CNCC12CC3CC(CC(C)(C3)C1)C2. The number of hydrogen-bond donors (Lipinski definition) is 1. The van der Waals surface area contributed by atoms with Gasteiger partial charge in [-0.2, -0.15) is 0 Å². The van der Waals surface area contributed by atoms with Gasteiger partial charge in [0.25, 0.3) is 0 Å². The molecule has 1 nitrogen and oxygen atoms in total. The summed E-state index contributed by atoms with van der Waals surface area (Å²) in [5, 5.41) is 3.44. The van der Waals surface area contributed by atoms with Crippen LogP contribution in [0.25, 0.3) is 0 Å². The molecule has 0 heterocycles. The fourth-order valence-electron chi connectivity index (χ4n) is 5.51. The van der Waals surface area contributed by atoms with Crippen LogP contribution in [0.15, 0.2) is 0 Å². The maximum absolute atomic E-state index is 3.44. The molecule has 14 heavy (non-hydrogen) atoms. The lowest BCUT2D eigenvalue weighted by Gasteiger charge is -2.61. The molecule has 0 amide bonds. The van der Waals surface area contributed by atoms with Crippen LogP contribution in [0.1, 0.15) is 45.4 Å². The van der Waals surface area contributed by atoms with Crippen LogP contribution >= 0.6 is 0 Å². The van der Waals surface area contributed by atoms with E-state index in [1.807, 2.05) is 0 Å². The van der Waals surface area contributed by atoms with E-state index in [0.717, 1.165) is 17.3 Å². The van der Waals surface area contributed by atoms with Crippen LogP contribution in [0.3, 0.4) is 0 Å². The summed E-state index contributed by atoms with van der Waals surface area (Å²) in [6.45, 7) is 3.82. The summed E-state index contributed by atoms with van der Waals surface area (Å²) in [5.41, 5.74) is 1.43. The Kier molecular flexibility index (Phi) is 1.81. The molecule has 0 aliphatic heterocycles. The van der Waals surface area contributed by atoms with Gasteiger partial charge in [0.15, 0.2) is 0 Å². The second-order valence-electron chi connectivity index (χ2n) is 6.80. The van der Waals surface area contributed by atoms with Crippen molar-refractivity contribution in [2.24, 2.45) is 22.7 Å². The van der Waals surface area contributed by atoms with Crippen LogP contribution in [-0.2, 0) is 0 Å². The average molecular weight is 193 g/mol. The Morgan fingerprint density at radius 2 is 1.79 bits per heavy atom. The molecule has 0 aromatic heterocycles. The zero-order valence-corrected chi connectivity index (χ0v) is 9.60. The maximum Gasteiger partial charge on any atom is 0.000521 e. The highest BCUT2D eigenvalue weighted by atomic mass is 14.8. The Balaban J connectivity index is 1.89. The molecule has 0 aromatic rings. The zero-order chi connectivity index (χ0) is 9.81. The van der Waals surface area contributed by atoms with E-state index in [0.29, 0.717) is 5.41 Å². The third-order valence-electron chi connectivity index (χ3n) is 5.03. The van der Waals surface area contributed by atoms with E-state index < -0.39 is 0 Å². The lowest BCUT2D eigenvalue weighted by atomic mass is 9.44. The van der Waals surface area contributed by atoms with Gasteiger partial charge in [-0.3, -0.25) is 0 Å². The summed E-state index contributed by atoms with van der Waals surface area (Å²) in [7, 11) is 2.13. The number of hydrogen-bond acceptors (Lipinski definition) is 1. The average Bonchev–Trinajstić information content (AvgIpc) is 1.97. The standard InChI is InChI=1S/C13H23N/c1-12-4-10-3-11(5-12)7-13(6-10,8-12)9-14-2/h10-11,14H,3-9H2,1-2H3. The second-order valence-corrected chi connectivity index (χ2v) is 6.80. The van der Waals surface area contributed by atoms with E-state index in [1.54, 1.807) is 6.42 Å². The van der Waals surface area contributed by atoms with Crippen LogP contribution in [0.5, 0.6) is 0 Å². The Hall–Kier alpha value is -0.0400. The molecule has 2 unspecified atom stereocenters. The van der Waals surface area contributed by atoms with Gasteiger partial charge in [0.05, 0.1) is 0 Å². The number of nitrogens with one attached hydrogen (secondary N) is 1. The molecule has 1 N–H and O–H groups in total. The zero-order valence-electron chi connectivity index (χ0n) is 9.60. The lowest BCUT2D eigenvalue weighted by Crippen LogP contribution is -2.53. The van der Waals surface area contributed by atoms with E-state index in [-0.39, 0.29) is 0 Å². The summed E-state index contributed by atoms with van der Waals surface area (Å²) >= 11 is 0. The normalized spacial score (nSPS) is 55.3. The van der Waals surface area contributed by atoms with Crippen LogP contribution in [0.2, 0.25) is 0 Å². The Bertz CT molecular complexity index is 232. The molecule has 4 rings (SSSR count). The Labute approximate surface area is 87.7 Å². The number of rotatable bonds is 2. The molecular weight excluding hydrogens is 170 g/mol. The van der Waals surface area contributed by atoms with Crippen LogP contribution in [0, 0.1) is 22.7 Å². The highest BCUT2D eigenvalue weighted by Gasteiger charge is 2.55. The van der Waals surface area contributed by atoms with Crippen molar-refractivity contribution in [3.8, 4) is 0 Å². The van der Waals surface area contributed by atoms with Gasteiger partial charge in [0.2, 0.25) is 0 Å². The molecule has 0 spiro atoms. The van der Waals surface area contributed by atoms with Crippen LogP contribution < -0.4 is 5.32 Å². The van der Waals surface area contributed by atoms with E-state index in [9.17, 15) is 0 Å². The van der Waals surface area contributed by atoms with Crippen molar-refractivity contribution in [1.29, 1.82) is 0 Å². The van der Waals surface area contributed by atoms with Gasteiger partial charge < -0.3 is 5.32 Å². The first kappa shape index (κ1) is 9.21. The lowest BCUT2D eigenvalue weighted by molar-refractivity contribution is -0.0991. The van der Waals surface area contributed by atoms with Gasteiger partial charge in [0, 0.05) is 6.54 Å². The van der Waals surface area contributed by atoms with Gasteiger partial charge in [-0.1, -0.05) is 6.92 Å². The fourth-order valence-corrected chi connectivity index (χ4v) is 5.51. The molecule has 4 bridgehead atoms. The minimum atomic E-state index is 0.702. The molecule has 2 atom stereocenters. The molecule has 4 fully saturated rings. The van der Waals surface area contributed by atoms with Gasteiger partial charge >= 0.3 is 0 Å². The molecule has 4 aliphatic rings. The van der Waals surface area contributed by atoms with E-state index in [1.165, 1.54) is 38.6 Å². The van der Waals surface area contributed by atoms with Crippen molar-refractivity contribution >= 4 is 0 Å². The predicted octanol–water partition coefficient (Wildman–Crippen LogP) is 2.81. The third-order valence-corrected chi connectivity index (χ3v) is 5.03. The molecule has 80 valence electrons. The van der Waals surface area contributed by atoms with Crippen molar-refractivity contribution in [1.82, 2.24) is 5.32 Å². The third kappa shape index (κ3) is 1.25. The van der Waals surface area contributed by atoms with Crippen molar-refractivity contribution < 1.29 is 0 Å². The largest absolute Gasteiger partial charge is 0.319 e. The van der Waals surface area contributed by atoms with E-state index in [4.69, 9.17) is 0 Å². The first-order valence-corrected chi connectivity index (χ1v) is 6.28. The summed E-state index contributed by atoms with van der Waals surface area (Å²) in [6.07, 6.45) is 9.19. The van der Waals surface area contributed by atoms with Crippen molar-refractivity contribution in [3.63, 3.8) is 0 Å². The molecule has 1 heteroatoms. The summed E-state index contributed by atoms with van der Waals surface area (Å²) in [4.78, 5) is 0. The predicted molar refractivity (Wildman–Crippen MR) is 59.1 cm³/mol. The smallest absolute Gasteiger partial charge is 0.000521 e. The van der Waals surface area contributed by atoms with Crippen molar-refractivity contribution in [3.05, 3.63) is 0 Å². The molecule has 0 radical (unpaired) electrons. The molecule has 0 aromatic carbocycles. The van der Waals surface area contributed by atoms with Gasteiger partial charge in [-0.15, -0.1) is 0 Å². The summed E-state index contributed by atoms with van der Waals surface area (Å²) < 4.78 is 0. The quantitative estimate of drug-likeness (QED) is 0.711.